The Morgan fingerprint density at radius 1 is 0.426 bits per heavy atom. The Balaban J connectivity index is 1.34. The summed E-state index contributed by atoms with van der Waals surface area (Å²) < 4.78 is 228. The van der Waals surface area contributed by atoms with Crippen LogP contribution in [0.2, 0.25) is 0 Å². The van der Waals surface area contributed by atoms with E-state index < -0.39 is 139 Å². The lowest BCUT2D eigenvalue weighted by molar-refractivity contribution is 0.213. The summed E-state index contributed by atoms with van der Waals surface area (Å²) in [4.78, 5) is 0. The maximum absolute atomic E-state index is 16.5. The summed E-state index contributed by atoms with van der Waals surface area (Å²) >= 11 is 0. The molecule has 0 heterocycles. The average molecular weight is 770 g/mol. The Bertz CT molecular complexity index is 2330. The molecule has 0 spiro atoms. The first kappa shape index (κ1) is 36.4. The summed E-state index contributed by atoms with van der Waals surface area (Å²) in [6, 6.07) is 6.58. The Kier molecular flexibility index (Phi) is 8.69. The molecule has 2 atom stereocenters. The number of allylic oxidation sites excluding steroid dienone is 2. The number of fused-ring (bicyclic) bond motifs is 2. The fraction of sp³-hybridized carbons (Fsp3) is 0.0556. The van der Waals surface area contributed by atoms with Crippen molar-refractivity contribution in [3.63, 3.8) is 0 Å². The highest BCUT2D eigenvalue weighted by atomic mass is 19.2. The van der Waals surface area contributed by atoms with Crippen LogP contribution in [-0.2, 0) is 11.3 Å². The molecule has 0 aliphatic heterocycles. The molecule has 54 heavy (non-hydrogen) atoms. The molecule has 2 aliphatic rings. The van der Waals surface area contributed by atoms with E-state index in [1.165, 1.54) is 0 Å². The van der Waals surface area contributed by atoms with Crippen molar-refractivity contribution >= 4 is 19.0 Å². The second kappa shape index (κ2) is 12.9. The van der Waals surface area contributed by atoms with Crippen LogP contribution < -0.4 is 14.0 Å². The molecule has 18 heteroatoms. The molecule has 5 aromatic rings. The molecule has 0 saturated heterocycles. The molecule has 0 radical (unpaired) electrons. The first-order valence-corrected chi connectivity index (χ1v) is 15.0. The predicted octanol–water partition coefficient (Wildman–Crippen LogP) is 11.0. The average Bonchev–Trinajstić information content (AvgIpc) is 3.45. The van der Waals surface area contributed by atoms with Gasteiger partial charge in [-0.3, -0.25) is 0 Å². The van der Waals surface area contributed by atoms with Crippen LogP contribution >= 0.6 is 0 Å². The second-order valence-electron chi connectivity index (χ2n) is 11.6. The first-order chi connectivity index (χ1) is 25.5. The van der Waals surface area contributed by atoms with Gasteiger partial charge in [0.2, 0.25) is 11.3 Å². The van der Waals surface area contributed by atoms with Crippen LogP contribution in [0, 0.1) is 46.5 Å². The van der Waals surface area contributed by atoms with Gasteiger partial charge in [0, 0.05) is 17.2 Å². The second-order valence-corrected chi connectivity index (χ2v) is 11.6. The first-order valence-electron chi connectivity index (χ1n) is 15.0. The van der Waals surface area contributed by atoms with Crippen molar-refractivity contribution in [1.82, 2.24) is 0 Å². The van der Waals surface area contributed by atoms with Crippen LogP contribution in [0.15, 0.2) is 90.5 Å². The summed E-state index contributed by atoms with van der Waals surface area (Å²) in [6.45, 7) is 0. The van der Waals surface area contributed by atoms with Crippen LogP contribution in [0.5, 0.6) is 17.2 Å². The molecule has 5 aromatic carbocycles. The van der Waals surface area contributed by atoms with Crippen LogP contribution in [0.1, 0.15) is 33.4 Å². The van der Waals surface area contributed by atoms with Crippen LogP contribution in [-0.4, -0.2) is 7.32 Å². The van der Waals surface area contributed by atoms with Crippen LogP contribution in [0.3, 0.4) is 0 Å². The van der Waals surface area contributed by atoms with Gasteiger partial charge in [0.05, 0.1) is 22.3 Å². The largest absolute Gasteiger partial charge is 0.864 e. The van der Waals surface area contributed by atoms with E-state index in [0.29, 0.717) is 54.6 Å². The highest BCUT2D eigenvalue weighted by molar-refractivity contribution is 6.39. The van der Waals surface area contributed by atoms with E-state index in [1.807, 2.05) is 0 Å². The van der Waals surface area contributed by atoms with Gasteiger partial charge in [-0.1, -0.05) is 24.3 Å². The Labute approximate surface area is 293 Å². The van der Waals surface area contributed by atoms with Crippen molar-refractivity contribution in [2.75, 3.05) is 0 Å². The number of halogens is 14. The van der Waals surface area contributed by atoms with E-state index in [9.17, 15) is 26.3 Å². The normalized spacial score (nSPS) is 18.9. The minimum absolute atomic E-state index is 0.237. The number of alkyl halides is 2. The smallest absolute Gasteiger partial charge is 0.487 e. The van der Waals surface area contributed by atoms with E-state index in [4.69, 9.17) is 14.0 Å². The maximum atomic E-state index is 16.5. The van der Waals surface area contributed by atoms with Crippen molar-refractivity contribution in [3.8, 4) is 17.2 Å². The van der Waals surface area contributed by atoms with Crippen LogP contribution in [0.25, 0.3) is 11.7 Å². The van der Waals surface area contributed by atoms with Gasteiger partial charge >= 0.3 is 7.32 Å². The summed E-state index contributed by atoms with van der Waals surface area (Å²) in [6.07, 6.45) is 0. The topological polar surface area (TPSA) is 27.7 Å². The fourth-order valence-corrected chi connectivity index (χ4v) is 6.15. The molecule has 0 aromatic heterocycles. The number of rotatable bonds is 8. The molecule has 276 valence electrons. The van der Waals surface area contributed by atoms with Crippen molar-refractivity contribution in [1.29, 1.82) is 0 Å². The van der Waals surface area contributed by atoms with Crippen molar-refractivity contribution in [3.05, 3.63) is 170 Å². The summed E-state index contributed by atoms with van der Waals surface area (Å²) in [5.41, 5.74) is -17.3. The Morgan fingerprint density at radius 2 is 0.833 bits per heavy atom. The lowest BCUT2D eigenvalue weighted by Crippen LogP contribution is -2.38. The number of benzene rings is 5. The molecule has 2 aliphatic carbocycles. The van der Waals surface area contributed by atoms with Gasteiger partial charge < -0.3 is 14.0 Å². The summed E-state index contributed by atoms with van der Waals surface area (Å²) in [5, 5.41) is 0. The minimum atomic E-state index is -4.18. The zero-order chi connectivity index (χ0) is 39.0. The molecule has 0 bridgehead atoms. The zero-order valence-corrected chi connectivity index (χ0v) is 26.1. The molecule has 0 fully saturated rings. The van der Waals surface area contributed by atoms with E-state index in [-0.39, 0.29) is 12.1 Å². The third kappa shape index (κ3) is 5.28. The molecule has 3 nitrogen and oxygen atoms in total. The number of hydrogen-bond acceptors (Lipinski definition) is 3. The molecule has 0 N–H and O–H groups in total. The monoisotopic (exact) mass is 770 g/mol. The van der Waals surface area contributed by atoms with E-state index >= 15 is 35.1 Å². The molecule has 0 saturated carbocycles. The Morgan fingerprint density at radius 3 is 1.28 bits per heavy atom. The molecular weight excluding hydrogens is 757 g/mol. The quantitative estimate of drug-likeness (QED) is 0.116. The summed E-state index contributed by atoms with van der Waals surface area (Å²) in [7, 11) is -2.89. The lowest BCUT2D eigenvalue weighted by atomic mass is 9.88. The predicted molar refractivity (Wildman–Crippen MR) is 162 cm³/mol. The lowest BCUT2D eigenvalue weighted by Gasteiger charge is -2.25. The minimum Gasteiger partial charge on any atom is -0.487 e. The SMILES string of the molecule is FC1=C(F)C(F)(c2c(F)ccc(OB(Oc3cc(F)ccc3F)Oc3ccc(F)c(C4(F)C(F)=C(F)c5c(F)cccc54)c3F)c2F)c2cccc(F)c21. The molecular formula is C36H13BF14O3. The molecule has 2 unspecified atom stereocenters. The van der Waals surface area contributed by atoms with Gasteiger partial charge in [0.1, 0.15) is 46.3 Å². The van der Waals surface area contributed by atoms with Gasteiger partial charge in [-0.05, 0) is 48.5 Å². The summed E-state index contributed by atoms with van der Waals surface area (Å²) in [5.74, 6) is -27.1. The zero-order valence-electron chi connectivity index (χ0n) is 26.1. The highest BCUT2D eigenvalue weighted by Crippen LogP contribution is 2.56. The fourth-order valence-electron chi connectivity index (χ4n) is 6.15. The van der Waals surface area contributed by atoms with Gasteiger partial charge in [0.15, 0.2) is 40.8 Å². The Hall–Kier alpha value is -5.94. The third-order valence-corrected chi connectivity index (χ3v) is 8.56. The van der Waals surface area contributed by atoms with Crippen molar-refractivity contribution < 1.29 is 75.4 Å². The number of hydrogen-bond donors (Lipinski definition) is 0. The van der Waals surface area contributed by atoms with E-state index in [0.717, 1.165) is 12.1 Å². The van der Waals surface area contributed by atoms with Gasteiger partial charge in [-0.15, -0.1) is 0 Å². The van der Waals surface area contributed by atoms with Gasteiger partial charge in [-0.2, -0.15) is 0 Å². The van der Waals surface area contributed by atoms with Crippen LogP contribution in [0.4, 0.5) is 61.5 Å². The van der Waals surface area contributed by atoms with E-state index in [1.54, 1.807) is 0 Å². The third-order valence-electron chi connectivity index (χ3n) is 8.56. The highest BCUT2D eigenvalue weighted by Gasteiger charge is 2.55. The maximum Gasteiger partial charge on any atom is 0.864 e. The van der Waals surface area contributed by atoms with Crippen molar-refractivity contribution in [2.45, 2.75) is 11.3 Å². The standard InChI is InChI=1S/C36H13BF14O3/c38-14-7-8-17(39)24(13-14)54-37(52-22-11-9-20(42)27(29(22)44)35(50)15-3-1-5-18(40)25(15)31(46)33(35)48)53-23-12-10-21(43)28(30(23)45)36(51)16-4-2-6-19(41)26(16)32(47)34(36)49/h1-13H. The molecule has 0 amide bonds. The van der Waals surface area contributed by atoms with Gasteiger partial charge in [-0.25, -0.2) is 61.5 Å². The van der Waals surface area contributed by atoms with E-state index in [2.05, 4.69) is 0 Å². The van der Waals surface area contributed by atoms with Crippen molar-refractivity contribution in [2.24, 2.45) is 0 Å². The molecule has 7 rings (SSSR count). The van der Waals surface area contributed by atoms with Gasteiger partial charge in [0.25, 0.3) is 0 Å².